The Morgan fingerprint density at radius 1 is 1.55 bits per heavy atom. The molecule has 1 saturated heterocycles. The van der Waals surface area contributed by atoms with Gasteiger partial charge in [0, 0.05) is 25.8 Å². The number of hydrogen-bond acceptors (Lipinski definition) is 5. The van der Waals surface area contributed by atoms with E-state index in [-0.39, 0.29) is 16.8 Å². The van der Waals surface area contributed by atoms with Crippen molar-refractivity contribution in [2.75, 3.05) is 32.4 Å². The van der Waals surface area contributed by atoms with Gasteiger partial charge >= 0.3 is 0 Å². The van der Waals surface area contributed by atoms with Crippen molar-refractivity contribution >= 4 is 15.7 Å². The predicted octanol–water partition coefficient (Wildman–Crippen LogP) is 0.769. The predicted molar refractivity (Wildman–Crippen MR) is 78.7 cm³/mol. The van der Waals surface area contributed by atoms with E-state index in [0.717, 1.165) is 25.9 Å². The van der Waals surface area contributed by atoms with Gasteiger partial charge in [0.1, 0.15) is 0 Å². The molecule has 2 N–H and O–H groups in total. The van der Waals surface area contributed by atoms with Gasteiger partial charge in [-0.05, 0) is 38.1 Å². The summed E-state index contributed by atoms with van der Waals surface area (Å²) in [7, 11) is -2.03. The number of hydrogen-bond donors (Lipinski definition) is 1. The third-order valence-electron chi connectivity index (χ3n) is 3.83. The maximum atomic E-state index is 12.5. The molecule has 1 aliphatic heterocycles. The first-order valence-electron chi connectivity index (χ1n) is 6.87. The summed E-state index contributed by atoms with van der Waals surface area (Å²) in [6.07, 6.45) is 3.61. The van der Waals surface area contributed by atoms with Crippen LogP contribution in [0.1, 0.15) is 19.8 Å². The lowest BCUT2D eigenvalue weighted by atomic mass is 10.2. The molecule has 1 aromatic heterocycles. The van der Waals surface area contributed by atoms with Gasteiger partial charge in [0.25, 0.3) is 10.0 Å². The molecule has 0 spiro atoms. The Bertz CT molecular complexity index is 561. The zero-order valence-electron chi connectivity index (χ0n) is 12.0. The highest BCUT2D eigenvalue weighted by molar-refractivity contribution is 7.89. The van der Waals surface area contributed by atoms with E-state index in [9.17, 15) is 8.42 Å². The monoisotopic (exact) mass is 298 g/mol. The van der Waals surface area contributed by atoms with Crippen LogP contribution in [0.25, 0.3) is 0 Å². The molecule has 2 heterocycles. The Balaban J connectivity index is 2.16. The van der Waals surface area contributed by atoms with Gasteiger partial charge in [-0.15, -0.1) is 0 Å². The molecule has 1 atom stereocenters. The molecule has 1 aromatic rings. The minimum Gasteiger partial charge on any atom is -0.396 e. The number of aromatic nitrogens is 1. The van der Waals surface area contributed by atoms with E-state index in [0.29, 0.717) is 6.54 Å². The van der Waals surface area contributed by atoms with Crippen molar-refractivity contribution in [2.45, 2.75) is 30.8 Å². The summed E-state index contributed by atoms with van der Waals surface area (Å²) in [5.74, 6) is 0. The molecule has 0 aromatic carbocycles. The molecule has 1 fully saturated rings. The molecule has 20 heavy (non-hydrogen) atoms. The summed E-state index contributed by atoms with van der Waals surface area (Å²) in [6.45, 7) is 4.57. The minimum atomic E-state index is -3.62. The highest BCUT2D eigenvalue weighted by atomic mass is 32.2. The molecular weight excluding hydrogens is 276 g/mol. The van der Waals surface area contributed by atoms with Crippen LogP contribution in [0.15, 0.2) is 23.4 Å². The van der Waals surface area contributed by atoms with Gasteiger partial charge < -0.3 is 5.73 Å². The van der Waals surface area contributed by atoms with Crippen LogP contribution in [0.4, 0.5) is 5.69 Å². The standard InChI is InChI=1S/C13H22N4O2S/c1-3-17-9-5-6-11(17)10-16(2)20(18,19)13-12(14)7-4-8-15-13/h4,7-8,11H,3,5-6,9-10,14H2,1-2H3. The normalized spacial score (nSPS) is 20.6. The molecule has 0 saturated carbocycles. The second-order valence-corrected chi connectivity index (χ2v) is 7.07. The number of nitrogens with zero attached hydrogens (tertiary/aromatic N) is 3. The SMILES string of the molecule is CCN1CCCC1CN(C)S(=O)(=O)c1ncccc1N. The molecule has 1 aliphatic rings. The fourth-order valence-corrected chi connectivity index (χ4v) is 3.90. The lowest BCUT2D eigenvalue weighted by Crippen LogP contribution is -2.41. The van der Waals surface area contributed by atoms with Crippen molar-refractivity contribution in [3.8, 4) is 0 Å². The van der Waals surface area contributed by atoms with Crippen LogP contribution < -0.4 is 5.73 Å². The van der Waals surface area contributed by atoms with E-state index < -0.39 is 10.0 Å². The Morgan fingerprint density at radius 2 is 2.30 bits per heavy atom. The maximum Gasteiger partial charge on any atom is 0.262 e. The highest BCUT2D eigenvalue weighted by Crippen LogP contribution is 2.22. The smallest absolute Gasteiger partial charge is 0.262 e. The van der Waals surface area contributed by atoms with Gasteiger partial charge in [-0.1, -0.05) is 6.92 Å². The summed E-state index contributed by atoms with van der Waals surface area (Å²) in [5, 5.41) is -0.0523. The number of nitrogens with two attached hydrogens (primary N) is 1. The number of likely N-dealkylation sites (N-methyl/N-ethyl adjacent to an activating group) is 2. The third kappa shape index (κ3) is 2.94. The molecule has 1 unspecified atom stereocenters. The number of anilines is 1. The second-order valence-electron chi connectivity index (χ2n) is 5.11. The fourth-order valence-electron chi connectivity index (χ4n) is 2.68. The Hall–Kier alpha value is -1.18. The molecule has 6 nitrogen and oxygen atoms in total. The summed E-state index contributed by atoms with van der Waals surface area (Å²) >= 11 is 0. The zero-order valence-corrected chi connectivity index (χ0v) is 12.8. The summed E-state index contributed by atoms with van der Waals surface area (Å²) < 4.78 is 26.4. The third-order valence-corrected chi connectivity index (χ3v) is 5.63. The van der Waals surface area contributed by atoms with E-state index in [4.69, 9.17) is 5.73 Å². The van der Waals surface area contributed by atoms with Crippen LogP contribution in [0.2, 0.25) is 0 Å². The average Bonchev–Trinajstić information content (AvgIpc) is 2.86. The number of sulfonamides is 1. The molecule has 2 rings (SSSR count). The van der Waals surface area contributed by atoms with Gasteiger partial charge in [-0.2, -0.15) is 4.31 Å². The topological polar surface area (TPSA) is 79.5 Å². The van der Waals surface area contributed by atoms with Crippen LogP contribution in [-0.2, 0) is 10.0 Å². The van der Waals surface area contributed by atoms with Crippen molar-refractivity contribution in [1.29, 1.82) is 0 Å². The molecule has 0 bridgehead atoms. The first kappa shape index (κ1) is 15.2. The Labute approximate surface area is 120 Å². The van der Waals surface area contributed by atoms with Gasteiger partial charge in [0.15, 0.2) is 5.03 Å². The molecule has 0 radical (unpaired) electrons. The molecule has 112 valence electrons. The highest BCUT2D eigenvalue weighted by Gasteiger charge is 2.30. The van der Waals surface area contributed by atoms with Crippen LogP contribution in [0, 0.1) is 0 Å². The van der Waals surface area contributed by atoms with Crippen molar-refractivity contribution in [3.63, 3.8) is 0 Å². The molecule has 0 amide bonds. The van der Waals surface area contributed by atoms with Gasteiger partial charge in [-0.3, -0.25) is 4.90 Å². The Kier molecular flexibility index (Phi) is 4.62. The fraction of sp³-hybridized carbons (Fsp3) is 0.615. The van der Waals surface area contributed by atoms with Crippen LogP contribution in [0.5, 0.6) is 0 Å². The van der Waals surface area contributed by atoms with Gasteiger partial charge in [-0.25, -0.2) is 13.4 Å². The second kappa shape index (κ2) is 6.07. The van der Waals surface area contributed by atoms with E-state index >= 15 is 0 Å². The number of rotatable bonds is 5. The maximum absolute atomic E-state index is 12.5. The van der Waals surface area contributed by atoms with Gasteiger partial charge in [0.2, 0.25) is 0 Å². The molecule has 7 heteroatoms. The van der Waals surface area contributed by atoms with Crippen molar-refractivity contribution in [2.24, 2.45) is 0 Å². The van der Waals surface area contributed by atoms with E-state index in [2.05, 4.69) is 16.8 Å². The lowest BCUT2D eigenvalue weighted by molar-refractivity contribution is 0.237. The lowest BCUT2D eigenvalue weighted by Gasteiger charge is -2.27. The largest absolute Gasteiger partial charge is 0.396 e. The molecule has 0 aliphatic carbocycles. The summed E-state index contributed by atoms with van der Waals surface area (Å²) in [4.78, 5) is 6.23. The van der Waals surface area contributed by atoms with Crippen molar-refractivity contribution < 1.29 is 8.42 Å². The van der Waals surface area contributed by atoms with E-state index in [1.54, 1.807) is 19.2 Å². The van der Waals surface area contributed by atoms with Crippen LogP contribution >= 0.6 is 0 Å². The van der Waals surface area contributed by atoms with Crippen LogP contribution in [0.3, 0.4) is 0 Å². The number of nitrogen functional groups attached to an aromatic ring is 1. The first-order chi connectivity index (χ1) is 9.46. The van der Waals surface area contributed by atoms with E-state index in [1.165, 1.54) is 10.5 Å². The summed E-state index contributed by atoms with van der Waals surface area (Å²) in [6, 6.07) is 3.47. The number of likely N-dealkylation sites (tertiary alicyclic amines) is 1. The van der Waals surface area contributed by atoms with Gasteiger partial charge in [0.05, 0.1) is 5.69 Å². The first-order valence-corrected chi connectivity index (χ1v) is 8.31. The number of pyridine rings is 1. The summed E-state index contributed by atoms with van der Waals surface area (Å²) in [5.41, 5.74) is 5.92. The molecular formula is C13H22N4O2S. The average molecular weight is 298 g/mol. The van der Waals surface area contributed by atoms with Crippen molar-refractivity contribution in [1.82, 2.24) is 14.2 Å². The van der Waals surface area contributed by atoms with E-state index in [1.807, 2.05) is 0 Å². The Morgan fingerprint density at radius 3 is 2.95 bits per heavy atom. The van der Waals surface area contributed by atoms with Crippen LogP contribution in [-0.4, -0.2) is 55.3 Å². The zero-order chi connectivity index (χ0) is 14.8. The van der Waals surface area contributed by atoms with Crippen molar-refractivity contribution in [3.05, 3.63) is 18.3 Å². The minimum absolute atomic E-state index is 0.0523. The quantitative estimate of drug-likeness (QED) is 0.868.